The van der Waals surface area contributed by atoms with Crippen molar-refractivity contribution in [1.29, 1.82) is 0 Å². The van der Waals surface area contributed by atoms with E-state index in [4.69, 9.17) is 5.73 Å². The minimum Gasteiger partial charge on any atom is -0.350 e. The van der Waals surface area contributed by atoms with Gasteiger partial charge in [-0.05, 0) is 12.3 Å². The molecule has 0 aromatic heterocycles. The van der Waals surface area contributed by atoms with Gasteiger partial charge in [-0.25, -0.2) is 10.2 Å². The van der Waals surface area contributed by atoms with Crippen LogP contribution in [0.15, 0.2) is 5.10 Å². The van der Waals surface area contributed by atoms with Crippen LogP contribution in [0.3, 0.4) is 0 Å². The predicted octanol–water partition coefficient (Wildman–Crippen LogP) is 1.08. The van der Waals surface area contributed by atoms with Crippen molar-refractivity contribution in [3.8, 4) is 0 Å². The molecular formula is C7H15N3O. The van der Waals surface area contributed by atoms with Crippen molar-refractivity contribution in [2.45, 2.75) is 26.7 Å². The van der Waals surface area contributed by atoms with E-state index < -0.39 is 6.03 Å². The molecule has 0 saturated heterocycles. The Morgan fingerprint density at radius 2 is 2.45 bits per heavy atom. The predicted molar refractivity (Wildman–Crippen MR) is 45.3 cm³/mol. The first-order chi connectivity index (χ1) is 5.16. The molecule has 1 atom stereocenters. The summed E-state index contributed by atoms with van der Waals surface area (Å²) in [6, 6.07) is -0.620. The summed E-state index contributed by atoms with van der Waals surface area (Å²) in [5.41, 5.74) is 6.91. The van der Waals surface area contributed by atoms with E-state index in [0.717, 1.165) is 12.8 Å². The monoisotopic (exact) mass is 157 g/mol. The minimum absolute atomic E-state index is 0.605. The van der Waals surface area contributed by atoms with Crippen molar-refractivity contribution in [3.63, 3.8) is 0 Å². The zero-order valence-corrected chi connectivity index (χ0v) is 7.00. The molecule has 64 valence electrons. The van der Waals surface area contributed by atoms with Crippen LogP contribution in [0.2, 0.25) is 0 Å². The average molecular weight is 157 g/mol. The fraction of sp³-hybridized carbons (Fsp3) is 0.714. The lowest BCUT2D eigenvalue weighted by molar-refractivity contribution is 0.249. The second kappa shape index (κ2) is 5.70. The molecule has 4 heteroatoms. The summed E-state index contributed by atoms with van der Waals surface area (Å²) in [7, 11) is 0. The first kappa shape index (κ1) is 9.94. The number of hydrogen-bond donors (Lipinski definition) is 2. The maximum atomic E-state index is 10.1. The standard InChI is InChI=1S/C7H15N3O/c1-3-6(2)4-5-9-10-7(8)11/h5-6H,3-4H2,1-2H3,(H3,8,10,11)/b9-5+/t6-/m0/s1. The van der Waals surface area contributed by atoms with Gasteiger partial charge < -0.3 is 5.73 Å². The summed E-state index contributed by atoms with van der Waals surface area (Å²) >= 11 is 0. The van der Waals surface area contributed by atoms with E-state index >= 15 is 0 Å². The van der Waals surface area contributed by atoms with Crippen LogP contribution in [0.4, 0.5) is 4.79 Å². The summed E-state index contributed by atoms with van der Waals surface area (Å²) in [5.74, 6) is 0.605. The van der Waals surface area contributed by atoms with Crippen molar-refractivity contribution in [1.82, 2.24) is 5.43 Å². The van der Waals surface area contributed by atoms with Gasteiger partial charge in [0.25, 0.3) is 0 Å². The second-order valence-corrected chi connectivity index (χ2v) is 2.54. The number of urea groups is 1. The van der Waals surface area contributed by atoms with Crippen LogP contribution in [0.1, 0.15) is 26.7 Å². The van der Waals surface area contributed by atoms with Gasteiger partial charge in [0, 0.05) is 6.21 Å². The van der Waals surface area contributed by atoms with Crippen LogP contribution in [-0.2, 0) is 0 Å². The van der Waals surface area contributed by atoms with Gasteiger partial charge in [-0.15, -0.1) is 0 Å². The van der Waals surface area contributed by atoms with E-state index in [2.05, 4.69) is 24.4 Å². The molecule has 0 aliphatic heterocycles. The molecule has 0 unspecified atom stereocenters. The number of amides is 2. The highest BCUT2D eigenvalue weighted by molar-refractivity contribution is 5.72. The highest BCUT2D eigenvalue weighted by atomic mass is 16.2. The van der Waals surface area contributed by atoms with Gasteiger partial charge in [-0.1, -0.05) is 20.3 Å². The normalized spacial score (nSPS) is 13.3. The lowest BCUT2D eigenvalue weighted by Gasteiger charge is -2.01. The van der Waals surface area contributed by atoms with Crippen molar-refractivity contribution < 1.29 is 4.79 Å². The number of rotatable bonds is 4. The quantitative estimate of drug-likeness (QED) is 0.465. The molecule has 11 heavy (non-hydrogen) atoms. The lowest BCUT2D eigenvalue weighted by Crippen LogP contribution is -2.24. The molecule has 0 aromatic rings. The SMILES string of the molecule is CC[C@H](C)C/C=N/NC(N)=O. The molecular weight excluding hydrogens is 142 g/mol. The number of nitrogens with one attached hydrogen (secondary N) is 1. The van der Waals surface area contributed by atoms with E-state index in [1.54, 1.807) is 6.21 Å². The summed E-state index contributed by atoms with van der Waals surface area (Å²) in [6.07, 6.45) is 3.65. The van der Waals surface area contributed by atoms with Gasteiger partial charge in [0.05, 0.1) is 0 Å². The van der Waals surface area contributed by atoms with E-state index in [1.807, 2.05) is 0 Å². The first-order valence-corrected chi connectivity index (χ1v) is 3.73. The van der Waals surface area contributed by atoms with Gasteiger partial charge >= 0.3 is 6.03 Å². The van der Waals surface area contributed by atoms with E-state index in [-0.39, 0.29) is 0 Å². The highest BCUT2D eigenvalue weighted by Crippen LogP contribution is 2.02. The van der Waals surface area contributed by atoms with Crippen LogP contribution >= 0.6 is 0 Å². The molecule has 3 N–H and O–H groups in total. The average Bonchev–Trinajstić information content (AvgIpc) is 1.97. The second-order valence-electron chi connectivity index (χ2n) is 2.54. The van der Waals surface area contributed by atoms with Crippen LogP contribution in [-0.4, -0.2) is 12.2 Å². The van der Waals surface area contributed by atoms with Crippen molar-refractivity contribution in [2.75, 3.05) is 0 Å². The van der Waals surface area contributed by atoms with Crippen LogP contribution < -0.4 is 11.2 Å². The zero-order chi connectivity index (χ0) is 8.69. The Hall–Kier alpha value is -1.06. The van der Waals surface area contributed by atoms with Crippen molar-refractivity contribution in [2.24, 2.45) is 16.8 Å². The molecule has 0 aliphatic rings. The topological polar surface area (TPSA) is 67.5 Å². The fourth-order valence-electron chi connectivity index (χ4n) is 0.509. The number of carbonyl (C=O) groups excluding carboxylic acids is 1. The Kier molecular flexibility index (Phi) is 5.15. The number of hydrogen-bond acceptors (Lipinski definition) is 2. The van der Waals surface area contributed by atoms with Crippen molar-refractivity contribution in [3.05, 3.63) is 0 Å². The molecule has 0 bridgehead atoms. The number of nitrogens with two attached hydrogens (primary N) is 1. The van der Waals surface area contributed by atoms with Gasteiger partial charge in [0.1, 0.15) is 0 Å². The van der Waals surface area contributed by atoms with Crippen LogP contribution in [0.5, 0.6) is 0 Å². The molecule has 4 nitrogen and oxygen atoms in total. The number of nitrogens with zero attached hydrogens (tertiary/aromatic N) is 1. The number of primary amides is 1. The smallest absolute Gasteiger partial charge is 0.332 e. The summed E-state index contributed by atoms with van der Waals surface area (Å²) < 4.78 is 0. The zero-order valence-electron chi connectivity index (χ0n) is 7.00. The Morgan fingerprint density at radius 3 is 2.91 bits per heavy atom. The lowest BCUT2D eigenvalue weighted by atomic mass is 10.1. The Bertz CT molecular complexity index is 145. The third kappa shape index (κ3) is 6.83. The number of hydrazone groups is 1. The summed E-state index contributed by atoms with van der Waals surface area (Å²) in [6.45, 7) is 4.23. The van der Waals surface area contributed by atoms with Gasteiger partial charge in [0.15, 0.2) is 0 Å². The molecule has 0 spiro atoms. The molecule has 0 heterocycles. The van der Waals surface area contributed by atoms with Crippen molar-refractivity contribution >= 4 is 12.2 Å². The fourth-order valence-corrected chi connectivity index (χ4v) is 0.509. The van der Waals surface area contributed by atoms with Gasteiger partial charge in [-0.3, -0.25) is 0 Å². The Morgan fingerprint density at radius 1 is 1.82 bits per heavy atom. The third-order valence-corrected chi connectivity index (χ3v) is 1.47. The maximum absolute atomic E-state index is 10.1. The molecule has 0 aromatic carbocycles. The first-order valence-electron chi connectivity index (χ1n) is 3.73. The van der Waals surface area contributed by atoms with Crippen LogP contribution in [0, 0.1) is 5.92 Å². The Labute approximate surface area is 66.8 Å². The largest absolute Gasteiger partial charge is 0.350 e. The maximum Gasteiger partial charge on any atom is 0.332 e. The number of carbonyl (C=O) groups is 1. The highest BCUT2D eigenvalue weighted by Gasteiger charge is 1.93. The van der Waals surface area contributed by atoms with Gasteiger partial charge in [0.2, 0.25) is 0 Å². The molecule has 0 saturated carbocycles. The molecule has 0 fully saturated rings. The molecule has 0 rings (SSSR count). The van der Waals surface area contributed by atoms with Gasteiger partial charge in [-0.2, -0.15) is 5.10 Å². The molecule has 0 aliphatic carbocycles. The van der Waals surface area contributed by atoms with E-state index in [1.165, 1.54) is 0 Å². The molecule has 2 amide bonds. The van der Waals surface area contributed by atoms with E-state index in [9.17, 15) is 4.79 Å². The minimum atomic E-state index is -0.620. The van der Waals surface area contributed by atoms with E-state index in [0.29, 0.717) is 5.92 Å². The summed E-state index contributed by atoms with van der Waals surface area (Å²) in [4.78, 5) is 10.1. The Balaban J connectivity index is 3.36. The third-order valence-electron chi connectivity index (χ3n) is 1.47. The molecule has 0 radical (unpaired) electrons. The summed E-state index contributed by atoms with van der Waals surface area (Å²) in [5, 5.41) is 3.61. The van der Waals surface area contributed by atoms with Crippen LogP contribution in [0.25, 0.3) is 0 Å².